The molecule has 0 atom stereocenters. The van der Waals surface area contributed by atoms with E-state index in [-0.39, 0.29) is 27.9 Å². The average Bonchev–Trinajstić information content (AvgIpc) is 2.42. The van der Waals surface area contributed by atoms with Crippen molar-refractivity contribution in [1.29, 1.82) is 0 Å². The molecular weight excluding hydrogens is 381 g/mol. The molecule has 24 heavy (non-hydrogen) atoms. The predicted molar refractivity (Wildman–Crippen MR) is 89.7 cm³/mol. The highest BCUT2D eigenvalue weighted by Crippen LogP contribution is 2.37. The molecule has 0 amide bonds. The Balaban J connectivity index is 2.36. The van der Waals surface area contributed by atoms with Gasteiger partial charge in [-0.3, -0.25) is 9.35 Å². The van der Waals surface area contributed by atoms with Crippen LogP contribution in [0.1, 0.15) is 5.56 Å². The Kier molecular flexibility index (Phi) is 5.55. The highest BCUT2D eigenvalue weighted by Gasteiger charge is 2.15. The molecule has 3 N–H and O–H groups in total. The first kappa shape index (κ1) is 18.3. The van der Waals surface area contributed by atoms with E-state index >= 15 is 0 Å². The maximum atomic E-state index is 10.9. The minimum atomic E-state index is -4.71. The molecule has 0 saturated carbocycles. The second-order valence-corrected chi connectivity index (χ2v) is 6.46. The molecule has 0 spiro atoms. The molecule has 2 aromatic rings. The van der Waals surface area contributed by atoms with E-state index in [1.807, 2.05) is 0 Å². The number of anilines is 2. The lowest BCUT2D eigenvalue weighted by Gasteiger charge is -2.14. The summed E-state index contributed by atoms with van der Waals surface area (Å²) in [5, 5.41) is 11.9. The second kappa shape index (κ2) is 7.27. The topological polar surface area (TPSA) is 113 Å². The number of rotatable bonds is 6. The lowest BCUT2D eigenvalue weighted by atomic mass is 10.1. The summed E-state index contributed by atoms with van der Waals surface area (Å²) in [5.74, 6) is -1.27. The summed E-state index contributed by atoms with van der Waals surface area (Å²) in [6, 6.07) is 8.95. The number of hydrogen-bond acceptors (Lipinski definition) is 5. The fourth-order valence-corrected chi connectivity index (χ4v) is 2.83. The van der Waals surface area contributed by atoms with Crippen molar-refractivity contribution in [3.05, 3.63) is 52.0 Å². The zero-order chi connectivity index (χ0) is 17.9. The highest BCUT2D eigenvalue weighted by molar-refractivity contribution is 7.81. The monoisotopic (exact) mass is 391 g/mol. The van der Waals surface area contributed by atoms with E-state index in [2.05, 4.69) is 9.50 Å². The van der Waals surface area contributed by atoms with E-state index in [0.29, 0.717) is 11.3 Å². The molecule has 0 unspecified atom stereocenters. The van der Waals surface area contributed by atoms with Crippen LogP contribution in [-0.2, 0) is 21.6 Å². The van der Waals surface area contributed by atoms with Gasteiger partial charge in [0, 0.05) is 17.8 Å². The van der Waals surface area contributed by atoms with Crippen LogP contribution < -0.4 is 9.50 Å². The Morgan fingerprint density at radius 3 is 2.29 bits per heavy atom. The first-order valence-corrected chi connectivity index (χ1v) is 8.50. The number of aliphatic carboxylic acids is 1. The zero-order valence-corrected chi connectivity index (χ0v) is 14.2. The van der Waals surface area contributed by atoms with Gasteiger partial charge in [0.25, 0.3) is 0 Å². The first-order valence-electron chi connectivity index (χ1n) is 6.38. The molecule has 0 bridgehead atoms. The number of carboxylic acids is 1. The van der Waals surface area contributed by atoms with Gasteiger partial charge in [0.15, 0.2) is 0 Å². The van der Waals surface area contributed by atoms with Crippen LogP contribution in [0.4, 0.5) is 11.4 Å². The fourth-order valence-electron chi connectivity index (χ4n) is 1.93. The van der Waals surface area contributed by atoms with E-state index in [9.17, 15) is 13.2 Å². The van der Waals surface area contributed by atoms with Gasteiger partial charge in [0.1, 0.15) is 5.75 Å². The summed E-state index contributed by atoms with van der Waals surface area (Å²) >= 11 is 12.1. The van der Waals surface area contributed by atoms with Crippen LogP contribution >= 0.6 is 23.2 Å². The molecule has 2 aromatic carbocycles. The maximum Gasteiger partial charge on any atom is 0.446 e. The Hall–Kier alpha value is -2.00. The van der Waals surface area contributed by atoms with Gasteiger partial charge in [0.2, 0.25) is 0 Å². The van der Waals surface area contributed by atoms with Gasteiger partial charge in [-0.15, -0.1) is 0 Å². The van der Waals surface area contributed by atoms with Crippen LogP contribution in [0.3, 0.4) is 0 Å². The number of nitrogens with one attached hydrogen (secondary N) is 1. The molecular formula is C14H11Cl2NO6S. The van der Waals surface area contributed by atoms with Crippen LogP contribution in [0.2, 0.25) is 10.0 Å². The summed E-state index contributed by atoms with van der Waals surface area (Å²) in [6.07, 6.45) is -0.206. The molecule has 0 fully saturated rings. The van der Waals surface area contributed by atoms with E-state index in [1.54, 1.807) is 24.3 Å². The molecule has 0 radical (unpaired) electrons. The second-order valence-electron chi connectivity index (χ2n) is 4.63. The van der Waals surface area contributed by atoms with Gasteiger partial charge in [-0.2, -0.15) is 8.42 Å². The van der Waals surface area contributed by atoms with E-state index in [0.717, 1.165) is 12.1 Å². The summed E-state index contributed by atoms with van der Waals surface area (Å²) in [5.41, 5.74) is 1.22. The zero-order valence-electron chi connectivity index (χ0n) is 11.9. The molecule has 128 valence electrons. The lowest BCUT2D eigenvalue weighted by molar-refractivity contribution is -0.136. The first-order chi connectivity index (χ1) is 11.2. The minimum absolute atomic E-state index is 0.0197. The highest BCUT2D eigenvalue weighted by atomic mass is 35.5. The Labute approximate surface area is 147 Å². The van der Waals surface area contributed by atoms with Crippen molar-refractivity contribution < 1.29 is 27.1 Å². The fraction of sp³-hybridized carbons (Fsp3) is 0.0714. The SMILES string of the molecule is O=C(O)Cc1ccccc1Nc1c(Cl)cc(OS(=O)(=O)O)cc1Cl. The smallest absolute Gasteiger partial charge is 0.446 e. The molecule has 0 heterocycles. The molecule has 0 aromatic heterocycles. The Bertz CT molecular complexity index is 862. The number of hydrogen-bond donors (Lipinski definition) is 3. The lowest BCUT2D eigenvalue weighted by Crippen LogP contribution is -2.07. The van der Waals surface area contributed by atoms with Crippen molar-refractivity contribution in [2.24, 2.45) is 0 Å². The van der Waals surface area contributed by atoms with E-state index < -0.39 is 16.4 Å². The Morgan fingerprint density at radius 2 is 1.75 bits per heavy atom. The van der Waals surface area contributed by atoms with Gasteiger partial charge in [0.05, 0.1) is 22.2 Å². The third-order valence-corrected chi connectivity index (χ3v) is 3.84. The standard InChI is InChI=1S/C14H11Cl2NO6S/c15-10-6-9(23-24(20,21)22)7-11(16)14(10)17-12-4-2-1-3-8(12)5-13(18)19/h1-4,6-7,17H,5H2,(H,18,19)(H,20,21,22). The molecule has 2 rings (SSSR count). The molecule has 7 nitrogen and oxygen atoms in total. The number of para-hydroxylation sites is 1. The average molecular weight is 392 g/mol. The normalized spacial score (nSPS) is 11.1. The quantitative estimate of drug-likeness (QED) is 0.645. The van der Waals surface area contributed by atoms with Crippen LogP contribution in [0.5, 0.6) is 5.75 Å². The molecule has 0 aliphatic heterocycles. The van der Waals surface area contributed by atoms with Gasteiger partial charge in [-0.05, 0) is 11.6 Å². The molecule has 0 aliphatic carbocycles. The van der Waals surface area contributed by atoms with E-state index in [1.165, 1.54) is 0 Å². The molecule has 10 heteroatoms. The third kappa shape index (κ3) is 5.00. The van der Waals surface area contributed by atoms with Gasteiger partial charge in [-0.1, -0.05) is 41.4 Å². The molecule has 0 saturated heterocycles. The number of carboxylic acid groups (broad SMARTS) is 1. The summed E-state index contributed by atoms with van der Waals surface area (Å²) in [7, 11) is -4.71. The largest absolute Gasteiger partial charge is 0.481 e. The molecule has 0 aliphatic rings. The van der Waals surface area contributed by atoms with Gasteiger partial charge in [-0.25, -0.2) is 0 Å². The maximum absolute atomic E-state index is 10.9. The van der Waals surface area contributed by atoms with Crippen molar-refractivity contribution in [2.75, 3.05) is 5.32 Å². The number of carbonyl (C=O) groups is 1. The van der Waals surface area contributed by atoms with Gasteiger partial charge >= 0.3 is 16.4 Å². The van der Waals surface area contributed by atoms with Crippen LogP contribution in [0, 0.1) is 0 Å². The van der Waals surface area contributed by atoms with Crippen LogP contribution in [0.15, 0.2) is 36.4 Å². The van der Waals surface area contributed by atoms with Crippen LogP contribution in [-0.4, -0.2) is 24.0 Å². The van der Waals surface area contributed by atoms with Crippen molar-refractivity contribution in [1.82, 2.24) is 0 Å². The summed E-state index contributed by atoms with van der Waals surface area (Å²) < 4.78 is 34.4. The van der Waals surface area contributed by atoms with Crippen molar-refractivity contribution in [3.8, 4) is 5.75 Å². The van der Waals surface area contributed by atoms with Crippen molar-refractivity contribution in [3.63, 3.8) is 0 Å². The minimum Gasteiger partial charge on any atom is -0.481 e. The van der Waals surface area contributed by atoms with Crippen LogP contribution in [0.25, 0.3) is 0 Å². The summed E-state index contributed by atoms with van der Waals surface area (Å²) in [4.78, 5) is 10.9. The van der Waals surface area contributed by atoms with E-state index in [4.69, 9.17) is 32.9 Å². The summed E-state index contributed by atoms with van der Waals surface area (Å²) in [6.45, 7) is 0. The number of benzene rings is 2. The third-order valence-electron chi connectivity index (χ3n) is 2.84. The van der Waals surface area contributed by atoms with Crippen molar-refractivity contribution >= 4 is 50.9 Å². The Morgan fingerprint density at radius 1 is 1.17 bits per heavy atom. The number of halogens is 2. The van der Waals surface area contributed by atoms with Crippen molar-refractivity contribution in [2.45, 2.75) is 6.42 Å². The predicted octanol–water partition coefficient (Wildman–Crippen LogP) is 3.55. The van der Waals surface area contributed by atoms with Gasteiger partial charge < -0.3 is 14.6 Å².